The van der Waals surface area contributed by atoms with Gasteiger partial charge in [0, 0.05) is 19.3 Å². The zero-order valence-electron chi connectivity index (χ0n) is 12.1. The van der Waals surface area contributed by atoms with Crippen LogP contribution in [-0.4, -0.2) is 33.7 Å². The van der Waals surface area contributed by atoms with Crippen molar-refractivity contribution in [2.45, 2.75) is 30.6 Å². The Bertz CT molecular complexity index is 683. The van der Waals surface area contributed by atoms with Crippen LogP contribution in [0.25, 0.3) is 0 Å². The van der Waals surface area contributed by atoms with E-state index in [0.29, 0.717) is 16.7 Å². The number of sulfone groups is 1. The summed E-state index contributed by atoms with van der Waals surface area (Å²) in [4.78, 5) is 13.9. The Labute approximate surface area is 125 Å². The SMILES string of the molecule is CS(=O)(=O)c1ccc(C(N)=O)c(N2CCC3(CC2)CC3)c1. The van der Waals surface area contributed by atoms with E-state index in [2.05, 4.69) is 4.90 Å². The van der Waals surface area contributed by atoms with Gasteiger partial charge in [-0.25, -0.2) is 8.42 Å². The Kier molecular flexibility index (Phi) is 3.24. The molecule has 2 aliphatic rings. The number of benzene rings is 1. The quantitative estimate of drug-likeness (QED) is 0.919. The molecule has 0 aromatic heterocycles. The van der Waals surface area contributed by atoms with E-state index < -0.39 is 15.7 Å². The molecule has 2 fully saturated rings. The van der Waals surface area contributed by atoms with Crippen molar-refractivity contribution < 1.29 is 13.2 Å². The lowest BCUT2D eigenvalue weighted by molar-refractivity contribution is 0.100. The largest absolute Gasteiger partial charge is 0.371 e. The number of hydrogen-bond acceptors (Lipinski definition) is 4. The average molecular weight is 308 g/mol. The molecular weight excluding hydrogens is 288 g/mol. The van der Waals surface area contributed by atoms with Crippen LogP contribution < -0.4 is 10.6 Å². The minimum absolute atomic E-state index is 0.231. The van der Waals surface area contributed by atoms with Crippen LogP contribution >= 0.6 is 0 Å². The number of primary amides is 1. The number of hydrogen-bond donors (Lipinski definition) is 1. The summed E-state index contributed by atoms with van der Waals surface area (Å²) in [5.41, 5.74) is 7.01. The van der Waals surface area contributed by atoms with E-state index in [1.165, 1.54) is 31.2 Å². The van der Waals surface area contributed by atoms with Crippen LogP contribution in [0.2, 0.25) is 0 Å². The van der Waals surface area contributed by atoms with Gasteiger partial charge in [0.15, 0.2) is 9.84 Å². The fraction of sp³-hybridized carbons (Fsp3) is 0.533. The van der Waals surface area contributed by atoms with E-state index in [-0.39, 0.29) is 4.90 Å². The number of nitrogens with zero attached hydrogens (tertiary/aromatic N) is 1. The second kappa shape index (κ2) is 4.73. The van der Waals surface area contributed by atoms with Crippen LogP contribution in [-0.2, 0) is 9.84 Å². The lowest BCUT2D eigenvalue weighted by Crippen LogP contribution is -2.36. The zero-order chi connectivity index (χ0) is 15.3. The molecule has 1 saturated heterocycles. The molecule has 114 valence electrons. The van der Waals surface area contributed by atoms with Gasteiger partial charge in [0.05, 0.1) is 16.1 Å². The number of amides is 1. The van der Waals surface area contributed by atoms with Gasteiger partial charge in [0.1, 0.15) is 0 Å². The maximum Gasteiger partial charge on any atom is 0.250 e. The fourth-order valence-corrected chi connectivity index (χ4v) is 3.75. The topological polar surface area (TPSA) is 80.5 Å². The summed E-state index contributed by atoms with van der Waals surface area (Å²) in [6.45, 7) is 1.71. The van der Waals surface area contributed by atoms with Crippen molar-refractivity contribution in [3.8, 4) is 0 Å². The van der Waals surface area contributed by atoms with Crippen molar-refractivity contribution in [3.63, 3.8) is 0 Å². The van der Waals surface area contributed by atoms with Crippen molar-refractivity contribution in [3.05, 3.63) is 23.8 Å². The molecule has 3 rings (SSSR count). The Morgan fingerprint density at radius 1 is 1.19 bits per heavy atom. The number of piperidine rings is 1. The Hall–Kier alpha value is -1.56. The van der Waals surface area contributed by atoms with E-state index in [9.17, 15) is 13.2 Å². The van der Waals surface area contributed by atoms with Gasteiger partial charge in [-0.2, -0.15) is 0 Å². The molecule has 6 heteroatoms. The number of rotatable bonds is 3. The number of anilines is 1. The van der Waals surface area contributed by atoms with Gasteiger partial charge in [-0.3, -0.25) is 4.79 Å². The van der Waals surface area contributed by atoms with Gasteiger partial charge >= 0.3 is 0 Å². The molecule has 0 radical (unpaired) electrons. The molecule has 1 heterocycles. The molecule has 1 aromatic rings. The van der Waals surface area contributed by atoms with E-state index in [1.54, 1.807) is 6.07 Å². The first-order valence-electron chi connectivity index (χ1n) is 7.20. The predicted octanol–water partition coefficient (Wildman–Crippen LogP) is 1.57. The Morgan fingerprint density at radius 3 is 2.29 bits per heavy atom. The van der Waals surface area contributed by atoms with Gasteiger partial charge < -0.3 is 10.6 Å². The number of carbonyl (C=O) groups is 1. The summed E-state index contributed by atoms with van der Waals surface area (Å²) < 4.78 is 23.5. The third kappa shape index (κ3) is 2.77. The highest BCUT2D eigenvalue weighted by Gasteiger charge is 2.44. The maximum atomic E-state index is 11.7. The summed E-state index contributed by atoms with van der Waals surface area (Å²) in [5, 5.41) is 0. The summed E-state index contributed by atoms with van der Waals surface area (Å²) in [6, 6.07) is 4.56. The monoisotopic (exact) mass is 308 g/mol. The number of carbonyl (C=O) groups excluding carboxylic acids is 1. The van der Waals surface area contributed by atoms with E-state index >= 15 is 0 Å². The molecule has 1 aliphatic heterocycles. The normalized spacial score (nSPS) is 20.5. The molecular formula is C15H20N2O3S. The average Bonchev–Trinajstić information content (AvgIpc) is 3.17. The van der Waals surface area contributed by atoms with Crippen molar-refractivity contribution >= 4 is 21.4 Å². The second-order valence-electron chi connectivity index (χ2n) is 6.30. The van der Waals surface area contributed by atoms with Gasteiger partial charge in [-0.15, -0.1) is 0 Å². The third-order valence-electron chi connectivity index (χ3n) is 4.78. The van der Waals surface area contributed by atoms with Crippen LogP contribution in [0.4, 0.5) is 5.69 Å². The second-order valence-corrected chi connectivity index (χ2v) is 8.32. The molecule has 1 amide bonds. The molecule has 1 saturated carbocycles. The number of nitrogens with two attached hydrogens (primary N) is 1. The molecule has 2 N–H and O–H groups in total. The fourth-order valence-electron chi connectivity index (χ4n) is 3.11. The lowest BCUT2D eigenvalue weighted by Gasteiger charge is -2.34. The predicted molar refractivity (Wildman–Crippen MR) is 81.2 cm³/mol. The van der Waals surface area contributed by atoms with Crippen LogP contribution in [0.5, 0.6) is 0 Å². The highest BCUT2D eigenvalue weighted by atomic mass is 32.2. The van der Waals surface area contributed by atoms with Crippen LogP contribution in [0, 0.1) is 5.41 Å². The molecule has 1 aliphatic carbocycles. The van der Waals surface area contributed by atoms with Crippen molar-refractivity contribution in [2.75, 3.05) is 24.2 Å². The van der Waals surface area contributed by atoms with Gasteiger partial charge in [-0.05, 0) is 49.3 Å². The summed E-state index contributed by atoms with van der Waals surface area (Å²) in [5.74, 6) is -0.517. The summed E-state index contributed by atoms with van der Waals surface area (Å²) in [7, 11) is -3.30. The molecule has 21 heavy (non-hydrogen) atoms. The molecule has 5 nitrogen and oxygen atoms in total. The highest BCUT2D eigenvalue weighted by molar-refractivity contribution is 7.90. The van der Waals surface area contributed by atoms with Crippen LogP contribution in [0.3, 0.4) is 0 Å². The standard InChI is InChI=1S/C15H20N2O3S/c1-21(19,20)11-2-3-12(14(16)18)13(10-11)17-8-6-15(4-5-15)7-9-17/h2-3,10H,4-9H2,1H3,(H2,16,18). The smallest absolute Gasteiger partial charge is 0.250 e. The first-order chi connectivity index (χ1) is 9.81. The molecule has 1 spiro atoms. The molecule has 1 aromatic carbocycles. The molecule has 0 bridgehead atoms. The van der Waals surface area contributed by atoms with Crippen LogP contribution in [0.15, 0.2) is 23.1 Å². The first kappa shape index (κ1) is 14.4. The van der Waals surface area contributed by atoms with Crippen molar-refractivity contribution in [1.82, 2.24) is 0 Å². The minimum Gasteiger partial charge on any atom is -0.371 e. The summed E-state index contributed by atoms with van der Waals surface area (Å²) >= 11 is 0. The van der Waals surface area contributed by atoms with E-state index in [0.717, 1.165) is 25.9 Å². The van der Waals surface area contributed by atoms with Crippen molar-refractivity contribution in [2.24, 2.45) is 11.1 Å². The van der Waals surface area contributed by atoms with Gasteiger partial charge in [-0.1, -0.05) is 0 Å². The maximum absolute atomic E-state index is 11.7. The summed E-state index contributed by atoms with van der Waals surface area (Å²) in [6.07, 6.45) is 5.98. The van der Waals surface area contributed by atoms with Crippen LogP contribution in [0.1, 0.15) is 36.0 Å². The van der Waals surface area contributed by atoms with Gasteiger partial charge in [0.2, 0.25) is 0 Å². The zero-order valence-corrected chi connectivity index (χ0v) is 12.9. The highest BCUT2D eigenvalue weighted by Crippen LogP contribution is 2.54. The van der Waals surface area contributed by atoms with Gasteiger partial charge in [0.25, 0.3) is 5.91 Å². The Morgan fingerprint density at radius 2 is 1.81 bits per heavy atom. The third-order valence-corrected chi connectivity index (χ3v) is 5.89. The minimum atomic E-state index is -3.30. The first-order valence-corrected chi connectivity index (χ1v) is 9.09. The molecule has 0 unspecified atom stereocenters. The Balaban J connectivity index is 1.96. The van der Waals surface area contributed by atoms with E-state index in [4.69, 9.17) is 5.73 Å². The van der Waals surface area contributed by atoms with E-state index in [1.807, 2.05) is 0 Å². The molecule has 0 atom stereocenters. The van der Waals surface area contributed by atoms with Crippen molar-refractivity contribution in [1.29, 1.82) is 0 Å². The lowest BCUT2D eigenvalue weighted by atomic mass is 9.93.